The van der Waals surface area contributed by atoms with Crippen molar-refractivity contribution in [3.8, 4) is 5.75 Å². The van der Waals surface area contributed by atoms with Gasteiger partial charge in [-0.2, -0.15) is 0 Å². The van der Waals surface area contributed by atoms with Gasteiger partial charge in [-0.25, -0.2) is 0 Å². The van der Waals surface area contributed by atoms with E-state index in [1.807, 2.05) is 63.2 Å². The fourth-order valence-corrected chi connectivity index (χ4v) is 2.03. The van der Waals surface area contributed by atoms with Crippen LogP contribution in [0.5, 0.6) is 5.75 Å². The highest BCUT2D eigenvalue weighted by atomic mass is 16.5. The summed E-state index contributed by atoms with van der Waals surface area (Å²) in [7, 11) is 0. The average molecular weight is 268 g/mol. The van der Waals surface area contributed by atoms with Crippen molar-refractivity contribution in [2.24, 2.45) is 0 Å². The molecule has 0 heterocycles. The quantitative estimate of drug-likeness (QED) is 0.774. The predicted molar refractivity (Wildman–Crippen MR) is 81.5 cm³/mol. The second-order valence-electron chi connectivity index (χ2n) is 5.26. The number of ketones is 1. The second-order valence-corrected chi connectivity index (χ2v) is 5.26. The Balaban J connectivity index is 2.15. The molecule has 20 heavy (non-hydrogen) atoms. The molecule has 0 aromatic heterocycles. The van der Waals surface area contributed by atoms with Crippen LogP contribution >= 0.6 is 0 Å². The van der Waals surface area contributed by atoms with Crippen LogP contribution in [0.3, 0.4) is 0 Å². The summed E-state index contributed by atoms with van der Waals surface area (Å²) in [5.74, 6) is 0.781. The van der Waals surface area contributed by atoms with Crippen LogP contribution in [0.15, 0.2) is 42.5 Å². The first-order chi connectivity index (χ1) is 9.47. The minimum atomic E-state index is -0.488. The molecule has 0 aliphatic carbocycles. The summed E-state index contributed by atoms with van der Waals surface area (Å²) in [5.41, 5.74) is 4.00. The molecule has 0 fully saturated rings. The van der Waals surface area contributed by atoms with Gasteiger partial charge in [-0.3, -0.25) is 4.79 Å². The highest BCUT2D eigenvalue weighted by Crippen LogP contribution is 2.21. The highest BCUT2D eigenvalue weighted by Gasteiger charge is 2.17. The van der Waals surface area contributed by atoms with Gasteiger partial charge in [-0.05, 0) is 44.9 Å². The Hall–Kier alpha value is -2.09. The SMILES string of the molecule is Cc1ccc(C(=O)C(C)Oc2cc(C)ccc2C)cc1. The molecule has 2 heteroatoms. The van der Waals surface area contributed by atoms with E-state index in [-0.39, 0.29) is 5.78 Å². The molecule has 1 unspecified atom stereocenters. The third-order valence-electron chi connectivity index (χ3n) is 3.35. The van der Waals surface area contributed by atoms with Crippen LogP contribution in [0.25, 0.3) is 0 Å². The summed E-state index contributed by atoms with van der Waals surface area (Å²) >= 11 is 0. The molecule has 0 aliphatic rings. The van der Waals surface area contributed by atoms with E-state index in [9.17, 15) is 4.79 Å². The van der Waals surface area contributed by atoms with Crippen LogP contribution in [0, 0.1) is 20.8 Å². The lowest BCUT2D eigenvalue weighted by Crippen LogP contribution is -2.24. The molecule has 2 aromatic rings. The average Bonchev–Trinajstić information content (AvgIpc) is 2.43. The number of carbonyl (C=O) groups excluding carboxylic acids is 1. The van der Waals surface area contributed by atoms with Crippen molar-refractivity contribution in [3.05, 3.63) is 64.7 Å². The van der Waals surface area contributed by atoms with Gasteiger partial charge in [-0.15, -0.1) is 0 Å². The van der Waals surface area contributed by atoms with E-state index in [1.165, 1.54) is 0 Å². The second kappa shape index (κ2) is 5.91. The first-order valence-electron chi connectivity index (χ1n) is 6.82. The van der Waals surface area contributed by atoms with Crippen molar-refractivity contribution >= 4 is 5.78 Å². The fourth-order valence-electron chi connectivity index (χ4n) is 2.03. The van der Waals surface area contributed by atoms with Crippen molar-refractivity contribution in [1.29, 1.82) is 0 Å². The zero-order chi connectivity index (χ0) is 14.7. The van der Waals surface area contributed by atoms with Crippen LogP contribution < -0.4 is 4.74 Å². The number of aryl methyl sites for hydroxylation is 3. The molecular formula is C18H20O2. The standard InChI is InChI=1S/C18H20O2/c1-12-6-9-16(10-7-12)18(19)15(4)20-17-11-13(2)5-8-14(17)3/h5-11,15H,1-4H3. The van der Waals surface area contributed by atoms with E-state index in [0.29, 0.717) is 5.56 Å². The Kier molecular flexibility index (Phi) is 4.23. The molecule has 104 valence electrons. The van der Waals surface area contributed by atoms with Crippen molar-refractivity contribution < 1.29 is 9.53 Å². The van der Waals surface area contributed by atoms with E-state index in [0.717, 1.165) is 22.4 Å². The normalized spacial score (nSPS) is 12.0. The molecule has 0 amide bonds. The van der Waals surface area contributed by atoms with Gasteiger partial charge >= 0.3 is 0 Å². The molecule has 0 saturated heterocycles. The first-order valence-corrected chi connectivity index (χ1v) is 6.82. The molecule has 0 radical (unpaired) electrons. The Bertz CT molecular complexity index is 612. The Morgan fingerprint density at radius 3 is 2.20 bits per heavy atom. The van der Waals surface area contributed by atoms with Gasteiger partial charge in [0.15, 0.2) is 6.10 Å². The van der Waals surface area contributed by atoms with Gasteiger partial charge in [0, 0.05) is 5.56 Å². The Morgan fingerprint density at radius 1 is 0.950 bits per heavy atom. The molecule has 0 bridgehead atoms. The molecule has 1 atom stereocenters. The Morgan fingerprint density at radius 2 is 1.55 bits per heavy atom. The summed E-state index contributed by atoms with van der Waals surface area (Å²) in [6.07, 6.45) is -0.488. The first kappa shape index (κ1) is 14.3. The smallest absolute Gasteiger partial charge is 0.202 e. The number of rotatable bonds is 4. The highest BCUT2D eigenvalue weighted by molar-refractivity contribution is 5.99. The number of carbonyl (C=O) groups is 1. The summed E-state index contributed by atoms with van der Waals surface area (Å²) in [6, 6.07) is 13.6. The van der Waals surface area contributed by atoms with Gasteiger partial charge < -0.3 is 4.74 Å². The van der Waals surface area contributed by atoms with Crippen molar-refractivity contribution in [1.82, 2.24) is 0 Å². The van der Waals surface area contributed by atoms with Gasteiger partial charge in [0.05, 0.1) is 0 Å². The van der Waals surface area contributed by atoms with E-state index in [2.05, 4.69) is 0 Å². The summed E-state index contributed by atoms with van der Waals surface area (Å²) in [5, 5.41) is 0. The summed E-state index contributed by atoms with van der Waals surface area (Å²) in [6.45, 7) is 7.80. The molecule has 0 N–H and O–H groups in total. The summed E-state index contributed by atoms with van der Waals surface area (Å²) in [4.78, 5) is 12.3. The van der Waals surface area contributed by atoms with E-state index >= 15 is 0 Å². The molecular weight excluding hydrogens is 248 g/mol. The van der Waals surface area contributed by atoms with Gasteiger partial charge in [0.1, 0.15) is 5.75 Å². The number of Topliss-reactive ketones (excluding diaryl/α,β-unsaturated/α-hetero) is 1. The number of ether oxygens (including phenoxy) is 1. The van der Waals surface area contributed by atoms with Crippen LogP contribution in [0.4, 0.5) is 0 Å². The number of hydrogen-bond donors (Lipinski definition) is 0. The lowest BCUT2D eigenvalue weighted by molar-refractivity contribution is 0.0817. The lowest BCUT2D eigenvalue weighted by atomic mass is 10.1. The summed E-state index contributed by atoms with van der Waals surface area (Å²) < 4.78 is 5.82. The zero-order valence-corrected chi connectivity index (χ0v) is 12.4. The molecule has 0 spiro atoms. The fraction of sp³-hybridized carbons (Fsp3) is 0.278. The van der Waals surface area contributed by atoms with E-state index < -0.39 is 6.10 Å². The molecule has 2 nitrogen and oxygen atoms in total. The van der Waals surface area contributed by atoms with Crippen LogP contribution in [-0.4, -0.2) is 11.9 Å². The van der Waals surface area contributed by atoms with Crippen molar-refractivity contribution in [3.63, 3.8) is 0 Å². The molecule has 2 rings (SSSR count). The topological polar surface area (TPSA) is 26.3 Å². The van der Waals surface area contributed by atoms with E-state index in [1.54, 1.807) is 6.92 Å². The van der Waals surface area contributed by atoms with E-state index in [4.69, 9.17) is 4.74 Å². The minimum absolute atomic E-state index is 0.00547. The minimum Gasteiger partial charge on any atom is -0.482 e. The monoisotopic (exact) mass is 268 g/mol. The largest absolute Gasteiger partial charge is 0.482 e. The third-order valence-corrected chi connectivity index (χ3v) is 3.35. The number of benzene rings is 2. The predicted octanol–water partition coefficient (Wildman–Crippen LogP) is 4.26. The maximum Gasteiger partial charge on any atom is 0.202 e. The van der Waals surface area contributed by atoms with Gasteiger partial charge in [0.2, 0.25) is 5.78 Å². The van der Waals surface area contributed by atoms with Crippen molar-refractivity contribution in [2.45, 2.75) is 33.8 Å². The van der Waals surface area contributed by atoms with Crippen LogP contribution in [-0.2, 0) is 0 Å². The maximum atomic E-state index is 12.3. The van der Waals surface area contributed by atoms with Crippen LogP contribution in [0.1, 0.15) is 34.0 Å². The van der Waals surface area contributed by atoms with Gasteiger partial charge in [0.25, 0.3) is 0 Å². The Labute approximate surface area is 120 Å². The van der Waals surface area contributed by atoms with Crippen LogP contribution in [0.2, 0.25) is 0 Å². The van der Waals surface area contributed by atoms with Crippen molar-refractivity contribution in [2.75, 3.05) is 0 Å². The molecule has 2 aromatic carbocycles. The molecule has 0 aliphatic heterocycles. The molecule has 0 saturated carbocycles. The number of hydrogen-bond acceptors (Lipinski definition) is 2. The third kappa shape index (κ3) is 3.27. The van der Waals surface area contributed by atoms with Gasteiger partial charge in [-0.1, -0.05) is 42.0 Å². The maximum absolute atomic E-state index is 12.3. The lowest BCUT2D eigenvalue weighted by Gasteiger charge is -2.16. The zero-order valence-electron chi connectivity index (χ0n) is 12.4.